The molecule has 2 aliphatic rings. The lowest BCUT2D eigenvalue weighted by Crippen LogP contribution is -2.40. The van der Waals surface area contributed by atoms with Gasteiger partial charge in [0, 0.05) is 25.2 Å². The first kappa shape index (κ1) is 23.6. The van der Waals surface area contributed by atoms with E-state index in [4.69, 9.17) is 14.6 Å². The van der Waals surface area contributed by atoms with Crippen molar-refractivity contribution in [3.05, 3.63) is 17.4 Å². The van der Waals surface area contributed by atoms with Gasteiger partial charge in [-0.25, -0.2) is 9.18 Å². The second kappa shape index (κ2) is 9.92. The average molecular weight is 436 g/mol. The van der Waals surface area contributed by atoms with Crippen molar-refractivity contribution in [1.29, 1.82) is 0 Å². The summed E-state index contributed by atoms with van der Waals surface area (Å²) in [6.45, 7) is 1.07. The van der Waals surface area contributed by atoms with Gasteiger partial charge in [0.1, 0.15) is 0 Å². The largest absolute Gasteiger partial charge is 0.490 e. The molecule has 30 heavy (non-hydrogen) atoms. The van der Waals surface area contributed by atoms with Crippen LogP contribution in [-0.4, -0.2) is 60.9 Å². The van der Waals surface area contributed by atoms with Crippen LogP contribution in [0.5, 0.6) is 5.88 Å². The number of nitrogens with one attached hydrogen (secondary N) is 2. The molecular formula is C18H24F4N4O4. The quantitative estimate of drug-likeness (QED) is 0.585. The monoisotopic (exact) mass is 436 g/mol. The fraction of sp³-hybridized carbons (Fsp3) is 0.611. The van der Waals surface area contributed by atoms with Crippen LogP contribution in [0.4, 0.5) is 23.4 Å². The van der Waals surface area contributed by atoms with Gasteiger partial charge in [-0.15, -0.1) is 0 Å². The lowest BCUT2D eigenvalue weighted by molar-refractivity contribution is -0.192. The lowest BCUT2D eigenvalue weighted by Gasteiger charge is -2.20. The number of aromatic nitrogens is 1. The third-order valence-corrected chi connectivity index (χ3v) is 4.69. The predicted octanol–water partition coefficient (Wildman–Crippen LogP) is 1.83. The van der Waals surface area contributed by atoms with E-state index in [0.717, 1.165) is 32.2 Å². The topological polar surface area (TPSA) is 104 Å². The minimum absolute atomic E-state index is 0.0656. The van der Waals surface area contributed by atoms with E-state index in [1.165, 1.54) is 13.2 Å². The van der Waals surface area contributed by atoms with Crippen molar-refractivity contribution in [1.82, 2.24) is 15.6 Å². The fourth-order valence-corrected chi connectivity index (χ4v) is 2.90. The molecule has 0 bridgehead atoms. The number of rotatable bonds is 6. The second-order valence-corrected chi connectivity index (χ2v) is 6.97. The molecule has 3 rings (SSSR count). The zero-order valence-electron chi connectivity index (χ0n) is 16.6. The van der Waals surface area contributed by atoms with Crippen LogP contribution in [0.25, 0.3) is 0 Å². The average Bonchev–Trinajstić information content (AvgIpc) is 3.39. The third kappa shape index (κ3) is 6.44. The van der Waals surface area contributed by atoms with Gasteiger partial charge in [0.2, 0.25) is 11.8 Å². The number of alkyl halides is 3. The summed E-state index contributed by atoms with van der Waals surface area (Å²) in [5.41, 5.74) is 0.546. The van der Waals surface area contributed by atoms with Crippen molar-refractivity contribution in [2.75, 3.05) is 25.6 Å². The molecule has 1 aliphatic heterocycles. The standard InChI is InChI=1S/C16H23FN4O2.C2HF3O2/c1-21(11-5-6-11)14-12(17)8-10(16(20-14)23-2)9-19-15(22)13-4-3-7-18-13;3-2(4,5)1(6)7/h8,11,13,18H,3-7,9H2,1-2H3,(H,19,22);(H,6,7)/t13-;/m0./s1. The molecular weight excluding hydrogens is 412 g/mol. The number of aliphatic carboxylic acids is 1. The molecule has 1 atom stereocenters. The van der Waals surface area contributed by atoms with Gasteiger partial charge in [-0.3, -0.25) is 4.79 Å². The van der Waals surface area contributed by atoms with Gasteiger partial charge in [-0.1, -0.05) is 0 Å². The molecule has 0 radical (unpaired) electrons. The number of halogens is 4. The molecule has 1 aromatic rings. The number of methoxy groups -OCH3 is 1. The summed E-state index contributed by atoms with van der Waals surface area (Å²) in [5.74, 6) is -2.55. The van der Waals surface area contributed by atoms with E-state index < -0.39 is 12.1 Å². The number of hydrogen-bond donors (Lipinski definition) is 3. The highest BCUT2D eigenvalue weighted by Crippen LogP contribution is 2.32. The number of pyridine rings is 1. The smallest absolute Gasteiger partial charge is 0.481 e. The van der Waals surface area contributed by atoms with E-state index in [1.54, 1.807) is 0 Å². The Labute approximate surface area is 170 Å². The van der Waals surface area contributed by atoms with E-state index in [-0.39, 0.29) is 24.3 Å². The van der Waals surface area contributed by atoms with Gasteiger partial charge >= 0.3 is 12.1 Å². The highest BCUT2D eigenvalue weighted by atomic mass is 19.4. The number of carbonyl (C=O) groups is 2. The summed E-state index contributed by atoms with van der Waals surface area (Å²) in [6, 6.07) is 1.61. The molecule has 8 nitrogen and oxygen atoms in total. The molecule has 168 valence electrons. The van der Waals surface area contributed by atoms with Crippen LogP contribution in [0.3, 0.4) is 0 Å². The van der Waals surface area contributed by atoms with E-state index in [9.17, 15) is 22.4 Å². The number of ether oxygens (including phenoxy) is 1. The van der Waals surface area contributed by atoms with Gasteiger partial charge < -0.3 is 25.4 Å². The zero-order chi connectivity index (χ0) is 22.5. The molecule has 3 N–H and O–H groups in total. The van der Waals surface area contributed by atoms with Crippen molar-refractivity contribution in [2.24, 2.45) is 0 Å². The van der Waals surface area contributed by atoms with Crippen LogP contribution in [0.1, 0.15) is 31.2 Å². The van der Waals surface area contributed by atoms with Crippen molar-refractivity contribution in [3.63, 3.8) is 0 Å². The second-order valence-electron chi connectivity index (χ2n) is 6.97. The molecule has 2 heterocycles. The van der Waals surface area contributed by atoms with Crippen molar-refractivity contribution >= 4 is 17.7 Å². The Balaban J connectivity index is 0.000000396. The first-order valence-corrected chi connectivity index (χ1v) is 9.32. The highest BCUT2D eigenvalue weighted by Gasteiger charge is 2.38. The third-order valence-electron chi connectivity index (χ3n) is 4.69. The van der Waals surface area contributed by atoms with Crippen LogP contribution in [-0.2, 0) is 16.1 Å². The predicted molar refractivity (Wildman–Crippen MR) is 98.7 cm³/mol. The van der Waals surface area contributed by atoms with Gasteiger partial charge in [-0.05, 0) is 38.3 Å². The number of anilines is 1. The maximum Gasteiger partial charge on any atom is 0.490 e. The minimum Gasteiger partial charge on any atom is -0.481 e. The summed E-state index contributed by atoms with van der Waals surface area (Å²) < 4.78 is 51.4. The number of hydrogen-bond acceptors (Lipinski definition) is 6. The summed E-state index contributed by atoms with van der Waals surface area (Å²) in [7, 11) is 3.35. The molecule has 12 heteroatoms. The number of carboxylic acids is 1. The fourth-order valence-electron chi connectivity index (χ4n) is 2.90. The molecule has 0 unspecified atom stereocenters. The molecule has 1 aliphatic carbocycles. The molecule has 1 amide bonds. The molecule has 0 aromatic carbocycles. The molecule has 1 saturated carbocycles. The van der Waals surface area contributed by atoms with Crippen molar-refractivity contribution < 1.29 is 37.0 Å². The van der Waals surface area contributed by atoms with Gasteiger partial charge in [0.05, 0.1) is 13.2 Å². The maximum atomic E-state index is 14.3. The summed E-state index contributed by atoms with van der Waals surface area (Å²) in [4.78, 5) is 27.1. The maximum absolute atomic E-state index is 14.3. The summed E-state index contributed by atoms with van der Waals surface area (Å²) >= 11 is 0. The molecule has 2 fully saturated rings. The minimum atomic E-state index is -5.08. The van der Waals surface area contributed by atoms with E-state index in [0.29, 0.717) is 23.3 Å². The number of carboxylic acid groups (broad SMARTS) is 1. The highest BCUT2D eigenvalue weighted by molar-refractivity contribution is 5.82. The van der Waals surface area contributed by atoms with Crippen LogP contribution < -0.4 is 20.3 Å². The Morgan fingerprint density at radius 1 is 1.37 bits per heavy atom. The van der Waals surface area contributed by atoms with Gasteiger partial charge in [0.25, 0.3) is 0 Å². The van der Waals surface area contributed by atoms with E-state index >= 15 is 0 Å². The van der Waals surface area contributed by atoms with Crippen LogP contribution >= 0.6 is 0 Å². The molecule has 0 spiro atoms. The Morgan fingerprint density at radius 3 is 2.47 bits per heavy atom. The Bertz CT molecular complexity index is 765. The van der Waals surface area contributed by atoms with E-state index in [2.05, 4.69) is 15.6 Å². The first-order valence-electron chi connectivity index (χ1n) is 9.32. The Hall–Kier alpha value is -2.63. The number of amides is 1. The van der Waals surface area contributed by atoms with Crippen LogP contribution in [0, 0.1) is 5.82 Å². The lowest BCUT2D eigenvalue weighted by atomic mass is 10.2. The van der Waals surface area contributed by atoms with Crippen LogP contribution in [0.2, 0.25) is 0 Å². The Kier molecular flexibility index (Phi) is 7.82. The van der Waals surface area contributed by atoms with Crippen molar-refractivity contribution in [3.8, 4) is 5.88 Å². The Morgan fingerprint density at radius 2 is 2.00 bits per heavy atom. The number of nitrogens with zero attached hydrogens (tertiary/aromatic N) is 2. The normalized spacial score (nSPS) is 18.3. The van der Waals surface area contributed by atoms with E-state index in [1.807, 2.05) is 11.9 Å². The number of carbonyl (C=O) groups excluding carboxylic acids is 1. The summed E-state index contributed by atoms with van der Waals surface area (Å²) in [6.07, 6.45) is -1.13. The summed E-state index contributed by atoms with van der Waals surface area (Å²) in [5, 5.41) is 13.1. The van der Waals surface area contributed by atoms with Gasteiger partial charge in [-0.2, -0.15) is 18.2 Å². The van der Waals surface area contributed by atoms with Crippen molar-refractivity contribution in [2.45, 2.75) is 50.5 Å². The van der Waals surface area contributed by atoms with Crippen LogP contribution in [0.15, 0.2) is 6.07 Å². The zero-order valence-corrected chi connectivity index (χ0v) is 16.6. The van der Waals surface area contributed by atoms with Gasteiger partial charge in [0.15, 0.2) is 11.6 Å². The first-order chi connectivity index (χ1) is 14.0. The molecule has 1 aromatic heterocycles. The SMILES string of the molecule is COc1nc(N(C)C2CC2)c(F)cc1CNC(=O)[C@@H]1CCCN1.O=C(O)C(F)(F)F. The molecule has 1 saturated heterocycles.